The summed E-state index contributed by atoms with van der Waals surface area (Å²) in [6, 6.07) is 0. The molecule has 1 heterocycles. The summed E-state index contributed by atoms with van der Waals surface area (Å²) in [6.07, 6.45) is -3.43. The van der Waals surface area contributed by atoms with Crippen LogP contribution in [0, 0.1) is 0 Å². The molecule has 1 N–H and O–H groups in total. The molecule has 1 aromatic rings. The van der Waals surface area contributed by atoms with Crippen molar-refractivity contribution in [3.63, 3.8) is 0 Å². The monoisotopic (exact) mass is 264 g/mol. The average molecular weight is 264 g/mol. The van der Waals surface area contributed by atoms with Crippen LogP contribution in [0.2, 0.25) is 0 Å². The van der Waals surface area contributed by atoms with E-state index in [2.05, 4.69) is 15.6 Å². The quantitative estimate of drug-likeness (QED) is 0.788. The van der Waals surface area contributed by atoms with Crippen LogP contribution < -0.4 is 5.32 Å². The lowest BCUT2D eigenvalue weighted by molar-refractivity contribution is -0.120. The van der Waals surface area contributed by atoms with Gasteiger partial charge in [-0.2, -0.15) is 13.2 Å². The number of aryl methyl sites for hydroxylation is 1. The molecule has 18 heavy (non-hydrogen) atoms. The maximum absolute atomic E-state index is 12.1. The molecule has 1 aromatic heterocycles. The number of hydrogen-bond donors (Lipinski definition) is 1. The van der Waals surface area contributed by atoms with Gasteiger partial charge in [0.15, 0.2) is 5.69 Å². The Bertz CT molecular complexity index is 441. The molecule has 0 spiro atoms. The van der Waals surface area contributed by atoms with Gasteiger partial charge in [0.2, 0.25) is 5.91 Å². The van der Waals surface area contributed by atoms with Gasteiger partial charge in [-0.25, -0.2) is 0 Å². The van der Waals surface area contributed by atoms with Crippen LogP contribution in [-0.4, -0.2) is 39.9 Å². The Morgan fingerprint density at radius 3 is 2.67 bits per heavy atom. The van der Waals surface area contributed by atoms with Crippen LogP contribution in [0.25, 0.3) is 0 Å². The Balaban J connectivity index is 2.54. The molecule has 100 valence electrons. The number of ketones is 1. The molecule has 0 atom stereocenters. The largest absolute Gasteiger partial charge is 0.456 e. The topological polar surface area (TPSA) is 76.9 Å². The number of nitrogens with one attached hydrogen (secondary N) is 1. The molecule has 0 saturated heterocycles. The van der Waals surface area contributed by atoms with Crippen molar-refractivity contribution in [3.05, 3.63) is 11.9 Å². The third-order valence-electron chi connectivity index (χ3n) is 2.10. The van der Waals surface area contributed by atoms with Crippen LogP contribution in [0.3, 0.4) is 0 Å². The first kappa shape index (κ1) is 14.1. The van der Waals surface area contributed by atoms with Crippen molar-refractivity contribution < 1.29 is 22.8 Å². The average Bonchev–Trinajstić information content (AvgIpc) is 2.75. The number of rotatable bonds is 5. The molecular weight excluding hydrogens is 253 g/mol. The first-order valence-electron chi connectivity index (χ1n) is 5.07. The third-order valence-corrected chi connectivity index (χ3v) is 2.10. The number of alkyl halides is 3. The first-order chi connectivity index (χ1) is 8.34. The predicted molar refractivity (Wildman–Crippen MR) is 53.7 cm³/mol. The van der Waals surface area contributed by atoms with E-state index in [-0.39, 0.29) is 18.9 Å². The van der Waals surface area contributed by atoms with E-state index in [1.54, 1.807) is 0 Å². The second kappa shape index (κ2) is 5.61. The smallest absolute Gasteiger partial charge is 0.359 e. The van der Waals surface area contributed by atoms with E-state index in [9.17, 15) is 22.8 Å². The molecule has 0 fully saturated rings. The normalized spacial score (nSPS) is 11.3. The molecule has 0 radical (unpaired) electrons. The van der Waals surface area contributed by atoms with Crippen LogP contribution >= 0.6 is 0 Å². The lowest BCUT2D eigenvalue weighted by atomic mass is 10.3. The van der Waals surface area contributed by atoms with E-state index in [1.165, 1.54) is 7.05 Å². The highest BCUT2D eigenvalue weighted by atomic mass is 19.4. The van der Waals surface area contributed by atoms with Crippen molar-refractivity contribution in [3.8, 4) is 0 Å². The molecule has 1 amide bonds. The van der Waals surface area contributed by atoms with Gasteiger partial charge in [0.25, 0.3) is 5.78 Å². The minimum absolute atomic E-state index is 0.179. The van der Waals surface area contributed by atoms with Crippen molar-refractivity contribution in [1.82, 2.24) is 20.3 Å². The van der Waals surface area contributed by atoms with Gasteiger partial charge in [0.1, 0.15) is 0 Å². The number of halogens is 3. The number of hydrogen-bond acceptors (Lipinski definition) is 4. The zero-order valence-corrected chi connectivity index (χ0v) is 9.49. The summed E-state index contributed by atoms with van der Waals surface area (Å²) < 4.78 is 37.3. The molecule has 9 heteroatoms. The number of aromatic nitrogens is 3. The number of nitrogens with zero attached hydrogens (tertiary/aromatic N) is 3. The highest BCUT2D eigenvalue weighted by Gasteiger charge is 2.41. The lowest BCUT2D eigenvalue weighted by Crippen LogP contribution is -2.23. The van der Waals surface area contributed by atoms with E-state index >= 15 is 0 Å². The molecule has 0 aromatic carbocycles. The molecule has 1 rings (SSSR count). The minimum Gasteiger partial charge on any atom is -0.359 e. The zero-order valence-electron chi connectivity index (χ0n) is 9.49. The summed E-state index contributed by atoms with van der Waals surface area (Å²) in [4.78, 5) is 21.7. The minimum atomic E-state index is -4.96. The van der Waals surface area contributed by atoms with E-state index in [0.717, 1.165) is 10.9 Å². The SMILES string of the molecule is CNC(=O)CCCn1cc(C(=O)C(F)(F)F)nn1. The van der Waals surface area contributed by atoms with Gasteiger partial charge in [-0.05, 0) is 6.42 Å². The van der Waals surface area contributed by atoms with E-state index in [0.29, 0.717) is 6.42 Å². The standard InChI is InChI=1S/C9H11F3N4O2/c1-13-7(17)3-2-4-16-5-6(14-15-16)8(18)9(10,11)12/h5H,2-4H2,1H3,(H,13,17). The van der Waals surface area contributed by atoms with Gasteiger partial charge in [-0.3, -0.25) is 14.3 Å². The Labute approximate surface area is 100 Å². The van der Waals surface area contributed by atoms with Crippen LogP contribution in [-0.2, 0) is 11.3 Å². The van der Waals surface area contributed by atoms with Crippen molar-refractivity contribution in [2.24, 2.45) is 0 Å². The van der Waals surface area contributed by atoms with Gasteiger partial charge in [0, 0.05) is 20.0 Å². The van der Waals surface area contributed by atoms with Crippen LogP contribution in [0.15, 0.2) is 6.20 Å². The van der Waals surface area contributed by atoms with Crippen molar-refractivity contribution >= 4 is 11.7 Å². The van der Waals surface area contributed by atoms with Crippen molar-refractivity contribution in [2.45, 2.75) is 25.6 Å². The molecule has 0 aliphatic heterocycles. The van der Waals surface area contributed by atoms with Crippen LogP contribution in [0.1, 0.15) is 23.3 Å². The summed E-state index contributed by atoms with van der Waals surface area (Å²) in [5.41, 5.74) is -0.748. The molecule has 6 nitrogen and oxygen atoms in total. The number of amides is 1. The molecule has 0 saturated carbocycles. The fourth-order valence-corrected chi connectivity index (χ4v) is 1.18. The fourth-order valence-electron chi connectivity index (χ4n) is 1.18. The third kappa shape index (κ3) is 3.82. The van der Waals surface area contributed by atoms with E-state index in [4.69, 9.17) is 0 Å². The van der Waals surface area contributed by atoms with E-state index < -0.39 is 17.7 Å². The molecule has 0 aliphatic rings. The fraction of sp³-hybridized carbons (Fsp3) is 0.556. The predicted octanol–water partition coefficient (Wildman–Crippen LogP) is 0.549. The zero-order chi connectivity index (χ0) is 13.8. The summed E-state index contributed by atoms with van der Waals surface area (Å²) in [5, 5.41) is 8.94. The number of carbonyl (C=O) groups excluding carboxylic acids is 2. The molecule has 0 bridgehead atoms. The Hall–Kier alpha value is -1.93. The van der Waals surface area contributed by atoms with Crippen LogP contribution in [0.4, 0.5) is 13.2 Å². The Morgan fingerprint density at radius 1 is 1.44 bits per heavy atom. The second-order valence-electron chi connectivity index (χ2n) is 3.47. The van der Waals surface area contributed by atoms with Gasteiger partial charge < -0.3 is 5.32 Å². The number of Topliss-reactive ketones (excluding diaryl/α,β-unsaturated/α-hetero) is 1. The van der Waals surface area contributed by atoms with Gasteiger partial charge in [-0.1, -0.05) is 5.21 Å². The van der Waals surface area contributed by atoms with Crippen LogP contribution in [0.5, 0.6) is 0 Å². The lowest BCUT2D eigenvalue weighted by Gasteiger charge is -2.01. The maximum atomic E-state index is 12.1. The first-order valence-corrected chi connectivity index (χ1v) is 5.07. The van der Waals surface area contributed by atoms with E-state index in [1.807, 2.05) is 0 Å². The highest BCUT2D eigenvalue weighted by molar-refractivity contribution is 5.98. The molecule has 0 unspecified atom stereocenters. The van der Waals surface area contributed by atoms with Gasteiger partial charge in [0.05, 0.1) is 6.20 Å². The van der Waals surface area contributed by atoms with Gasteiger partial charge in [-0.15, -0.1) is 5.10 Å². The Morgan fingerprint density at radius 2 is 2.11 bits per heavy atom. The van der Waals surface area contributed by atoms with Crippen molar-refractivity contribution in [1.29, 1.82) is 0 Å². The number of carbonyl (C=O) groups is 2. The summed E-state index contributed by atoms with van der Waals surface area (Å²) >= 11 is 0. The van der Waals surface area contributed by atoms with Crippen molar-refractivity contribution in [2.75, 3.05) is 7.05 Å². The van der Waals surface area contributed by atoms with Gasteiger partial charge >= 0.3 is 6.18 Å². The molecule has 0 aliphatic carbocycles. The highest BCUT2D eigenvalue weighted by Crippen LogP contribution is 2.19. The summed E-state index contributed by atoms with van der Waals surface area (Å²) in [7, 11) is 1.48. The molecular formula is C9H11F3N4O2. The summed E-state index contributed by atoms with van der Waals surface area (Å²) in [6.45, 7) is 0.214. The maximum Gasteiger partial charge on any atom is 0.456 e. The Kier molecular flexibility index (Phi) is 4.40. The summed E-state index contributed by atoms with van der Waals surface area (Å²) in [5.74, 6) is -2.21. The second-order valence-corrected chi connectivity index (χ2v) is 3.47.